The van der Waals surface area contributed by atoms with Gasteiger partial charge in [-0.2, -0.15) is 5.10 Å². The summed E-state index contributed by atoms with van der Waals surface area (Å²) in [4.78, 5) is 32.3. The Labute approximate surface area is 147 Å². The number of anilines is 1. The highest BCUT2D eigenvalue weighted by atomic mass is 16.2. The summed E-state index contributed by atoms with van der Waals surface area (Å²) < 4.78 is 1.71. The number of carbonyl (C=O) groups is 2. The van der Waals surface area contributed by atoms with Crippen molar-refractivity contribution in [2.75, 3.05) is 18.0 Å². The molecule has 0 aliphatic carbocycles. The molecule has 1 atom stereocenters. The molecular weight excluding hydrogens is 318 g/mol. The maximum atomic E-state index is 12.5. The van der Waals surface area contributed by atoms with Crippen LogP contribution in [0.4, 0.5) is 5.69 Å². The lowest BCUT2D eigenvalue weighted by atomic mass is 10.1. The molecule has 1 aromatic heterocycles. The number of amides is 2. The van der Waals surface area contributed by atoms with Gasteiger partial charge in [0.05, 0.1) is 0 Å². The van der Waals surface area contributed by atoms with Crippen LogP contribution < -0.4 is 4.90 Å². The van der Waals surface area contributed by atoms with Crippen molar-refractivity contribution in [3.05, 3.63) is 42.5 Å². The zero-order valence-electron chi connectivity index (χ0n) is 14.6. The molecule has 0 saturated carbocycles. The quantitative estimate of drug-likeness (QED) is 0.829. The van der Waals surface area contributed by atoms with Crippen LogP contribution in [-0.2, 0) is 16.1 Å². The summed E-state index contributed by atoms with van der Waals surface area (Å²) >= 11 is 0. The Morgan fingerprint density at radius 2 is 2.04 bits per heavy atom. The Hall–Kier alpha value is -2.70. The summed E-state index contributed by atoms with van der Waals surface area (Å²) in [5.41, 5.74) is 2.05. The van der Waals surface area contributed by atoms with Crippen LogP contribution >= 0.6 is 0 Å². The van der Waals surface area contributed by atoms with E-state index >= 15 is 0 Å². The van der Waals surface area contributed by atoms with Gasteiger partial charge in [-0.15, -0.1) is 0 Å². The topological polar surface area (TPSA) is 71.3 Å². The van der Waals surface area contributed by atoms with Crippen LogP contribution in [0.15, 0.2) is 36.9 Å². The van der Waals surface area contributed by atoms with E-state index in [2.05, 4.69) is 10.1 Å². The minimum absolute atomic E-state index is 0.00197. The normalized spacial score (nSPS) is 17.8. The lowest BCUT2D eigenvalue weighted by Gasteiger charge is -2.39. The largest absolute Gasteiger partial charge is 0.329 e. The van der Waals surface area contributed by atoms with Crippen molar-refractivity contribution < 1.29 is 9.59 Å². The second-order valence-corrected chi connectivity index (χ2v) is 6.47. The molecule has 0 spiro atoms. The Balaban J connectivity index is 1.56. The van der Waals surface area contributed by atoms with E-state index in [1.54, 1.807) is 20.8 Å². The average Bonchev–Trinajstić information content (AvgIpc) is 3.11. The molecule has 2 aromatic rings. The molecule has 132 valence electrons. The van der Waals surface area contributed by atoms with Gasteiger partial charge in [0.1, 0.15) is 19.2 Å². The van der Waals surface area contributed by atoms with Gasteiger partial charge in [-0.05, 0) is 32.4 Å². The van der Waals surface area contributed by atoms with Gasteiger partial charge >= 0.3 is 0 Å². The third-order valence-electron chi connectivity index (χ3n) is 4.50. The van der Waals surface area contributed by atoms with Crippen LogP contribution in [0.25, 0.3) is 0 Å². The number of rotatable bonds is 5. The summed E-state index contributed by atoms with van der Waals surface area (Å²) in [6.07, 6.45) is 4.20. The van der Waals surface area contributed by atoms with Crippen molar-refractivity contribution in [1.29, 1.82) is 0 Å². The number of carbonyl (C=O) groups excluding carboxylic acids is 2. The fourth-order valence-corrected chi connectivity index (χ4v) is 3.04. The third kappa shape index (κ3) is 4.04. The second-order valence-electron chi connectivity index (χ2n) is 6.47. The van der Waals surface area contributed by atoms with E-state index < -0.39 is 0 Å². The van der Waals surface area contributed by atoms with E-state index in [0.29, 0.717) is 25.9 Å². The number of piperazine rings is 1. The maximum absolute atomic E-state index is 12.5. The predicted octanol–water partition coefficient (Wildman–Crippen LogP) is 1.63. The number of aryl methyl sites for hydroxylation is 2. The van der Waals surface area contributed by atoms with E-state index in [1.807, 2.05) is 38.1 Å². The number of nitrogens with zero attached hydrogens (tertiary/aromatic N) is 5. The van der Waals surface area contributed by atoms with E-state index in [9.17, 15) is 9.59 Å². The monoisotopic (exact) mass is 341 g/mol. The molecule has 25 heavy (non-hydrogen) atoms. The molecule has 2 heterocycles. The first-order valence-electron chi connectivity index (χ1n) is 8.53. The van der Waals surface area contributed by atoms with Crippen molar-refractivity contribution in [3.8, 4) is 0 Å². The maximum Gasteiger partial charge on any atom is 0.246 e. The first kappa shape index (κ1) is 17.1. The molecule has 1 aliphatic heterocycles. The Morgan fingerprint density at radius 1 is 1.28 bits per heavy atom. The SMILES string of the molecule is Cc1ccc(N2C[C@@H](C)N(C(=O)CCCn3cncn3)CC2=O)cc1. The molecule has 1 aliphatic rings. The van der Waals surface area contributed by atoms with Gasteiger partial charge < -0.3 is 9.80 Å². The number of hydrogen-bond acceptors (Lipinski definition) is 4. The molecule has 0 unspecified atom stereocenters. The Kier molecular flexibility index (Phi) is 5.11. The average molecular weight is 341 g/mol. The van der Waals surface area contributed by atoms with Gasteiger partial charge in [0.2, 0.25) is 11.8 Å². The fourth-order valence-electron chi connectivity index (χ4n) is 3.04. The van der Waals surface area contributed by atoms with E-state index in [-0.39, 0.29) is 24.4 Å². The minimum atomic E-state index is -0.0356. The molecule has 2 amide bonds. The molecule has 1 fully saturated rings. The van der Waals surface area contributed by atoms with E-state index in [0.717, 1.165) is 11.3 Å². The van der Waals surface area contributed by atoms with Gasteiger partial charge in [-0.1, -0.05) is 17.7 Å². The van der Waals surface area contributed by atoms with Crippen LogP contribution in [-0.4, -0.2) is 50.6 Å². The van der Waals surface area contributed by atoms with Crippen LogP contribution in [0.1, 0.15) is 25.3 Å². The highest BCUT2D eigenvalue weighted by molar-refractivity contribution is 5.98. The molecular formula is C18H23N5O2. The van der Waals surface area contributed by atoms with Crippen LogP contribution in [0.3, 0.4) is 0 Å². The highest BCUT2D eigenvalue weighted by Gasteiger charge is 2.32. The molecule has 1 saturated heterocycles. The Bertz CT molecular complexity index is 726. The third-order valence-corrected chi connectivity index (χ3v) is 4.50. The standard InChI is InChI=1S/C18H23N5O2/c1-14-5-7-16(8-6-14)23-10-15(2)22(11-18(23)25)17(24)4-3-9-21-13-19-12-20-21/h5-8,12-13,15H,3-4,9-11H2,1-2H3/t15-/m1/s1. The first-order chi connectivity index (χ1) is 12.0. The van der Waals surface area contributed by atoms with Crippen LogP contribution in [0, 0.1) is 6.92 Å². The van der Waals surface area contributed by atoms with Crippen molar-refractivity contribution in [1.82, 2.24) is 19.7 Å². The van der Waals surface area contributed by atoms with Crippen LogP contribution in [0.2, 0.25) is 0 Å². The number of hydrogen-bond donors (Lipinski definition) is 0. The van der Waals surface area contributed by atoms with Gasteiger partial charge in [0.15, 0.2) is 0 Å². The Morgan fingerprint density at radius 3 is 2.72 bits per heavy atom. The number of benzene rings is 1. The second kappa shape index (κ2) is 7.46. The molecule has 0 bridgehead atoms. The summed E-state index contributed by atoms with van der Waals surface area (Å²) in [7, 11) is 0. The fraction of sp³-hybridized carbons (Fsp3) is 0.444. The van der Waals surface area contributed by atoms with Crippen LogP contribution in [0.5, 0.6) is 0 Å². The smallest absolute Gasteiger partial charge is 0.246 e. The van der Waals surface area contributed by atoms with E-state index in [4.69, 9.17) is 0 Å². The molecule has 0 radical (unpaired) electrons. The van der Waals surface area contributed by atoms with Gasteiger partial charge in [-0.25, -0.2) is 4.98 Å². The lowest BCUT2D eigenvalue weighted by Crippen LogP contribution is -2.57. The predicted molar refractivity (Wildman–Crippen MR) is 94.0 cm³/mol. The van der Waals surface area contributed by atoms with Gasteiger partial charge in [-0.3, -0.25) is 14.3 Å². The van der Waals surface area contributed by atoms with Crippen molar-refractivity contribution in [2.24, 2.45) is 0 Å². The van der Waals surface area contributed by atoms with Crippen molar-refractivity contribution in [3.63, 3.8) is 0 Å². The summed E-state index contributed by atoms with van der Waals surface area (Å²) in [5, 5.41) is 4.02. The molecule has 7 nitrogen and oxygen atoms in total. The van der Waals surface area contributed by atoms with E-state index in [1.165, 1.54) is 6.33 Å². The summed E-state index contributed by atoms with van der Waals surface area (Å²) in [6.45, 7) is 5.32. The van der Waals surface area contributed by atoms with Gasteiger partial charge in [0, 0.05) is 31.2 Å². The molecule has 0 N–H and O–H groups in total. The van der Waals surface area contributed by atoms with Crippen molar-refractivity contribution >= 4 is 17.5 Å². The lowest BCUT2D eigenvalue weighted by molar-refractivity contribution is -0.139. The molecule has 3 rings (SSSR count). The van der Waals surface area contributed by atoms with Crippen molar-refractivity contribution in [2.45, 2.75) is 39.3 Å². The molecule has 1 aromatic carbocycles. The molecule has 7 heteroatoms. The zero-order valence-corrected chi connectivity index (χ0v) is 14.6. The van der Waals surface area contributed by atoms with Gasteiger partial charge in [0.25, 0.3) is 0 Å². The minimum Gasteiger partial charge on any atom is -0.329 e. The summed E-state index contributed by atoms with van der Waals surface area (Å²) in [6, 6.07) is 7.90. The first-order valence-corrected chi connectivity index (χ1v) is 8.53. The highest BCUT2D eigenvalue weighted by Crippen LogP contribution is 2.21. The zero-order chi connectivity index (χ0) is 17.8. The summed E-state index contributed by atoms with van der Waals surface area (Å²) in [5.74, 6) is -0.0175. The number of aromatic nitrogens is 3.